The summed E-state index contributed by atoms with van der Waals surface area (Å²) in [5, 5.41) is 9.07. The van der Waals surface area contributed by atoms with Gasteiger partial charge >= 0.3 is 0 Å². The number of hydrogen-bond acceptors (Lipinski definition) is 4. The minimum absolute atomic E-state index is 0.141. The van der Waals surface area contributed by atoms with E-state index in [-0.39, 0.29) is 17.1 Å². The Morgan fingerprint density at radius 1 is 1.35 bits per heavy atom. The van der Waals surface area contributed by atoms with Gasteiger partial charge in [-0.05, 0) is 25.1 Å². The molecule has 2 aromatic heterocycles. The van der Waals surface area contributed by atoms with Crippen molar-refractivity contribution in [2.45, 2.75) is 19.4 Å². The molecule has 0 saturated carbocycles. The molecule has 2 N–H and O–H groups in total. The summed E-state index contributed by atoms with van der Waals surface area (Å²) in [7, 11) is 0. The van der Waals surface area contributed by atoms with E-state index in [0.29, 0.717) is 16.7 Å². The number of halogens is 2. The third-order valence-corrected chi connectivity index (χ3v) is 4.17. The van der Waals surface area contributed by atoms with Crippen molar-refractivity contribution in [1.29, 1.82) is 0 Å². The fourth-order valence-corrected chi connectivity index (χ4v) is 2.96. The number of alkyl halides is 2. The van der Waals surface area contributed by atoms with Crippen LogP contribution in [-0.4, -0.2) is 34.0 Å². The maximum atomic E-state index is 13.9. The quantitative estimate of drug-likeness (QED) is 0.735. The first-order valence-corrected chi connectivity index (χ1v) is 7.86. The summed E-state index contributed by atoms with van der Waals surface area (Å²) in [4.78, 5) is 24.4. The highest BCUT2D eigenvalue weighted by atomic mass is 19.3. The van der Waals surface area contributed by atoms with Gasteiger partial charge in [0.1, 0.15) is 11.5 Å². The standard InChI is InChI=1S/C17H14F2N4O3/c1-9-4-14(22-26-9)21-15(24)11-3-2-10-5-13-16(25)20-7-17(18,19)8-23(13)12(10)6-11/h2-6H,7-8H2,1H3,(H,20,25)(H,21,22,24). The van der Waals surface area contributed by atoms with Crippen molar-refractivity contribution in [1.82, 2.24) is 15.0 Å². The van der Waals surface area contributed by atoms with E-state index >= 15 is 0 Å². The van der Waals surface area contributed by atoms with Crippen LogP contribution >= 0.6 is 0 Å². The summed E-state index contributed by atoms with van der Waals surface area (Å²) in [6, 6.07) is 7.75. The summed E-state index contributed by atoms with van der Waals surface area (Å²) in [5.41, 5.74) is 0.787. The number of amides is 2. The Hall–Kier alpha value is -3.23. The molecule has 134 valence electrons. The van der Waals surface area contributed by atoms with Gasteiger partial charge in [-0.15, -0.1) is 0 Å². The summed E-state index contributed by atoms with van der Waals surface area (Å²) in [6.45, 7) is 0.328. The molecule has 0 aliphatic carbocycles. The number of nitrogens with one attached hydrogen (secondary N) is 2. The lowest BCUT2D eigenvalue weighted by molar-refractivity contribution is -0.00920. The van der Waals surface area contributed by atoms with Gasteiger partial charge in [0, 0.05) is 22.5 Å². The highest BCUT2D eigenvalue weighted by Crippen LogP contribution is 2.28. The van der Waals surface area contributed by atoms with Gasteiger partial charge in [-0.25, -0.2) is 8.78 Å². The molecule has 0 bridgehead atoms. The lowest BCUT2D eigenvalue weighted by Crippen LogP contribution is -2.35. The van der Waals surface area contributed by atoms with E-state index in [1.165, 1.54) is 16.7 Å². The fourth-order valence-electron chi connectivity index (χ4n) is 2.96. The van der Waals surface area contributed by atoms with Crippen LogP contribution < -0.4 is 10.6 Å². The maximum Gasteiger partial charge on any atom is 0.282 e. The van der Waals surface area contributed by atoms with Gasteiger partial charge < -0.3 is 19.7 Å². The van der Waals surface area contributed by atoms with E-state index in [4.69, 9.17) is 4.52 Å². The van der Waals surface area contributed by atoms with Crippen LogP contribution in [0.15, 0.2) is 34.9 Å². The van der Waals surface area contributed by atoms with E-state index in [2.05, 4.69) is 15.8 Å². The number of aromatic nitrogens is 2. The molecule has 0 unspecified atom stereocenters. The number of aryl methyl sites for hydroxylation is 1. The van der Waals surface area contributed by atoms with Crippen LogP contribution in [0.3, 0.4) is 0 Å². The molecule has 0 radical (unpaired) electrons. The highest BCUT2D eigenvalue weighted by molar-refractivity contribution is 6.07. The molecule has 1 aliphatic heterocycles. The Labute approximate surface area is 145 Å². The number of fused-ring (bicyclic) bond motifs is 3. The Kier molecular flexibility index (Phi) is 3.53. The first-order chi connectivity index (χ1) is 12.3. The summed E-state index contributed by atoms with van der Waals surface area (Å²) >= 11 is 0. The van der Waals surface area contributed by atoms with Crippen LogP contribution in [0, 0.1) is 6.92 Å². The molecular weight excluding hydrogens is 346 g/mol. The van der Waals surface area contributed by atoms with Gasteiger partial charge in [-0.2, -0.15) is 0 Å². The minimum Gasteiger partial charge on any atom is -0.360 e. The summed E-state index contributed by atoms with van der Waals surface area (Å²) < 4.78 is 34.0. The molecule has 1 aliphatic rings. The van der Waals surface area contributed by atoms with Gasteiger partial charge in [-0.1, -0.05) is 11.2 Å². The molecule has 26 heavy (non-hydrogen) atoms. The first-order valence-electron chi connectivity index (χ1n) is 7.86. The number of anilines is 1. The van der Waals surface area contributed by atoms with Crippen molar-refractivity contribution in [3.8, 4) is 0 Å². The number of carbonyl (C=O) groups is 2. The summed E-state index contributed by atoms with van der Waals surface area (Å²) in [5.74, 6) is -3.31. The van der Waals surface area contributed by atoms with E-state index in [1.807, 2.05) is 0 Å². The zero-order valence-electron chi connectivity index (χ0n) is 13.7. The Morgan fingerprint density at radius 3 is 2.88 bits per heavy atom. The molecule has 4 rings (SSSR count). The highest BCUT2D eigenvalue weighted by Gasteiger charge is 2.35. The molecule has 3 aromatic rings. The molecule has 7 nitrogen and oxygen atoms in total. The van der Waals surface area contributed by atoms with Crippen molar-refractivity contribution in [3.05, 3.63) is 47.3 Å². The van der Waals surface area contributed by atoms with Crippen molar-refractivity contribution in [2.75, 3.05) is 11.9 Å². The number of rotatable bonds is 2. The average Bonchev–Trinajstić information content (AvgIpc) is 3.12. The monoisotopic (exact) mass is 360 g/mol. The van der Waals surface area contributed by atoms with Gasteiger partial charge in [-0.3, -0.25) is 9.59 Å². The SMILES string of the molecule is Cc1cc(NC(=O)c2ccc3cc4n(c3c2)CC(F)(F)CNC4=O)no1. The van der Waals surface area contributed by atoms with E-state index in [9.17, 15) is 18.4 Å². The maximum absolute atomic E-state index is 13.9. The van der Waals surface area contributed by atoms with Crippen LogP contribution in [0.1, 0.15) is 26.6 Å². The fraction of sp³-hybridized carbons (Fsp3) is 0.235. The lowest BCUT2D eigenvalue weighted by Gasteiger charge is -2.15. The molecule has 9 heteroatoms. The van der Waals surface area contributed by atoms with Crippen LogP contribution in [0.25, 0.3) is 10.9 Å². The van der Waals surface area contributed by atoms with E-state index in [1.54, 1.807) is 25.1 Å². The number of benzene rings is 1. The second kappa shape index (κ2) is 5.65. The van der Waals surface area contributed by atoms with E-state index in [0.717, 1.165) is 0 Å². The Balaban J connectivity index is 1.74. The molecule has 3 heterocycles. The summed E-state index contributed by atoms with van der Waals surface area (Å²) in [6.07, 6.45) is 0. The Morgan fingerprint density at radius 2 is 2.15 bits per heavy atom. The Bertz CT molecular complexity index is 1040. The van der Waals surface area contributed by atoms with Gasteiger partial charge in [0.2, 0.25) is 0 Å². The third-order valence-electron chi connectivity index (χ3n) is 4.17. The molecule has 1 aromatic carbocycles. The van der Waals surface area contributed by atoms with Crippen molar-refractivity contribution in [2.24, 2.45) is 0 Å². The number of hydrogen-bond donors (Lipinski definition) is 2. The van der Waals surface area contributed by atoms with Gasteiger partial charge in [0.15, 0.2) is 5.82 Å². The number of carbonyl (C=O) groups excluding carboxylic acids is 2. The molecule has 0 atom stereocenters. The van der Waals surface area contributed by atoms with Crippen molar-refractivity contribution < 1.29 is 22.9 Å². The lowest BCUT2D eigenvalue weighted by atomic mass is 10.1. The van der Waals surface area contributed by atoms with Crippen LogP contribution in [0.4, 0.5) is 14.6 Å². The van der Waals surface area contributed by atoms with E-state index < -0.39 is 30.8 Å². The predicted molar refractivity (Wildman–Crippen MR) is 88.4 cm³/mol. The average molecular weight is 360 g/mol. The molecule has 0 spiro atoms. The van der Waals surface area contributed by atoms with Crippen molar-refractivity contribution >= 4 is 28.5 Å². The topological polar surface area (TPSA) is 89.2 Å². The molecular formula is C17H14F2N4O3. The second-order valence-electron chi connectivity index (χ2n) is 6.20. The predicted octanol–water partition coefficient (Wildman–Crippen LogP) is 2.57. The normalized spacial score (nSPS) is 16.0. The van der Waals surface area contributed by atoms with Crippen LogP contribution in [0.5, 0.6) is 0 Å². The van der Waals surface area contributed by atoms with Gasteiger partial charge in [0.25, 0.3) is 17.7 Å². The second-order valence-corrected chi connectivity index (χ2v) is 6.20. The first kappa shape index (κ1) is 16.2. The molecule has 0 saturated heterocycles. The number of nitrogens with zero attached hydrogens (tertiary/aromatic N) is 2. The third kappa shape index (κ3) is 2.81. The zero-order valence-corrected chi connectivity index (χ0v) is 13.7. The molecule has 0 fully saturated rings. The smallest absolute Gasteiger partial charge is 0.282 e. The largest absolute Gasteiger partial charge is 0.360 e. The van der Waals surface area contributed by atoms with Crippen LogP contribution in [0.2, 0.25) is 0 Å². The molecule has 2 amide bonds. The van der Waals surface area contributed by atoms with Crippen LogP contribution in [-0.2, 0) is 6.54 Å². The zero-order chi connectivity index (χ0) is 18.5. The van der Waals surface area contributed by atoms with Crippen molar-refractivity contribution in [3.63, 3.8) is 0 Å². The van der Waals surface area contributed by atoms with Gasteiger partial charge in [0.05, 0.1) is 13.1 Å². The minimum atomic E-state index is -3.08.